The Morgan fingerprint density at radius 2 is 1.93 bits per heavy atom. The van der Waals surface area contributed by atoms with Crippen LogP contribution < -0.4 is 0 Å². The minimum atomic E-state index is -4.02. The smallest absolute Gasteiger partial charge is 0.258 e. The molecular formula is C7H6ClNO4S. The first-order valence-corrected chi connectivity index (χ1v) is 5.79. The Morgan fingerprint density at radius 1 is 1.43 bits per heavy atom. The summed E-state index contributed by atoms with van der Waals surface area (Å²) < 4.78 is 28.8. The van der Waals surface area contributed by atoms with Crippen LogP contribution in [0.4, 0.5) is 5.69 Å². The van der Waals surface area contributed by atoms with E-state index in [1.807, 2.05) is 0 Å². The van der Waals surface area contributed by atoms with E-state index < -0.39 is 19.7 Å². The van der Waals surface area contributed by atoms with Crippen LogP contribution in [-0.2, 0) is 14.8 Å². The maximum absolute atomic E-state index is 10.8. The second-order valence-electron chi connectivity index (χ2n) is 2.44. The number of hydrogen-bond donors (Lipinski definition) is 0. The fourth-order valence-electron chi connectivity index (χ4n) is 0.837. The van der Waals surface area contributed by atoms with Gasteiger partial charge in [0.1, 0.15) is 0 Å². The van der Waals surface area contributed by atoms with Gasteiger partial charge in [0.15, 0.2) is 0 Å². The van der Waals surface area contributed by atoms with Crippen LogP contribution in [0.2, 0.25) is 0 Å². The maximum Gasteiger partial charge on any atom is 0.269 e. The van der Waals surface area contributed by atoms with Crippen LogP contribution in [-0.4, -0.2) is 13.3 Å². The zero-order valence-corrected chi connectivity index (χ0v) is 8.33. The van der Waals surface area contributed by atoms with E-state index in [0.717, 1.165) is 12.1 Å². The average Bonchev–Trinajstić information content (AvgIpc) is 2.15. The first-order valence-electron chi connectivity index (χ1n) is 4.00. The Morgan fingerprint density at radius 3 is 2.29 bits per heavy atom. The zero-order valence-electron chi connectivity index (χ0n) is 7.75. The van der Waals surface area contributed by atoms with E-state index in [-0.39, 0.29) is 11.3 Å². The summed E-state index contributed by atoms with van der Waals surface area (Å²) in [5.74, 6) is 0. The summed E-state index contributed by atoms with van der Waals surface area (Å²) in [6.07, 6.45) is 0. The van der Waals surface area contributed by atoms with E-state index in [0.29, 0.717) is 0 Å². The van der Waals surface area contributed by atoms with Crippen molar-refractivity contribution in [3.8, 4) is 0 Å². The van der Waals surface area contributed by atoms with Gasteiger partial charge in [-0.1, -0.05) is 12.1 Å². The Hall–Kier alpha value is -1.14. The molecule has 0 aliphatic heterocycles. The van der Waals surface area contributed by atoms with Gasteiger partial charge in [0.25, 0.3) is 5.69 Å². The van der Waals surface area contributed by atoms with Crippen molar-refractivity contribution in [1.82, 2.24) is 0 Å². The van der Waals surface area contributed by atoms with Crippen LogP contribution in [0.3, 0.4) is 0 Å². The third-order valence-corrected chi connectivity index (χ3v) is 2.20. The van der Waals surface area contributed by atoms with Gasteiger partial charge >= 0.3 is 0 Å². The predicted octanol–water partition coefficient (Wildman–Crippen LogP) is 1.66. The first-order chi connectivity index (χ1) is 6.82. The molecule has 0 aliphatic carbocycles. The van der Waals surface area contributed by atoms with Crippen molar-refractivity contribution in [2.75, 3.05) is 0 Å². The lowest BCUT2D eigenvalue weighted by atomic mass is 10.2. The molecule has 0 fully saturated rings. The SMILES string of the molecule is [2H]C(c1ccc([N+](=O)[O-])cc1)S(=O)(=O)Cl. The first kappa shape index (κ1) is 9.42. The van der Waals surface area contributed by atoms with Gasteiger partial charge < -0.3 is 0 Å². The number of non-ortho nitro benzene ring substituents is 1. The molecule has 14 heavy (non-hydrogen) atoms. The highest BCUT2D eigenvalue weighted by molar-refractivity contribution is 8.13. The van der Waals surface area contributed by atoms with E-state index >= 15 is 0 Å². The van der Waals surface area contributed by atoms with Crippen molar-refractivity contribution in [2.24, 2.45) is 0 Å². The van der Waals surface area contributed by atoms with Crippen molar-refractivity contribution in [2.45, 2.75) is 5.73 Å². The third kappa shape index (κ3) is 3.31. The van der Waals surface area contributed by atoms with Gasteiger partial charge in [-0.25, -0.2) is 8.42 Å². The fourth-order valence-corrected chi connectivity index (χ4v) is 1.63. The van der Waals surface area contributed by atoms with Gasteiger partial charge in [0.2, 0.25) is 9.05 Å². The number of nitro benzene ring substituents is 1. The number of rotatable bonds is 3. The molecule has 5 nitrogen and oxygen atoms in total. The lowest BCUT2D eigenvalue weighted by Gasteiger charge is -1.96. The lowest BCUT2D eigenvalue weighted by Crippen LogP contribution is -1.95. The molecule has 76 valence electrons. The molecule has 0 heterocycles. The molecule has 7 heteroatoms. The summed E-state index contributed by atoms with van der Waals surface area (Å²) in [7, 11) is 0.951. The number of nitro groups is 1. The van der Waals surface area contributed by atoms with Gasteiger partial charge in [-0.15, -0.1) is 0 Å². The summed E-state index contributed by atoms with van der Waals surface area (Å²) in [4.78, 5) is 9.68. The van der Waals surface area contributed by atoms with E-state index in [4.69, 9.17) is 12.1 Å². The minimum Gasteiger partial charge on any atom is -0.258 e. The fraction of sp³-hybridized carbons (Fsp3) is 0.143. The van der Waals surface area contributed by atoms with Crippen LogP contribution in [0.25, 0.3) is 0 Å². The molecule has 0 radical (unpaired) electrons. The normalized spacial score (nSPS) is 14.5. The van der Waals surface area contributed by atoms with Crippen LogP contribution in [0.5, 0.6) is 0 Å². The summed E-state index contributed by atoms with van der Waals surface area (Å²) in [5, 5.41) is 10.3. The molecule has 0 aliphatic rings. The van der Waals surface area contributed by atoms with Crippen molar-refractivity contribution >= 4 is 25.4 Å². The summed E-state index contributed by atoms with van der Waals surface area (Å²) in [6, 6.07) is 4.63. The number of halogens is 1. The highest BCUT2D eigenvalue weighted by atomic mass is 35.7. The standard InChI is InChI=1S/C7H6ClNO4S/c8-14(12,13)5-6-1-3-7(4-2-6)9(10)11/h1-4H,5H2/i5D. The van der Waals surface area contributed by atoms with Gasteiger partial charge in [0.05, 0.1) is 10.7 Å². The van der Waals surface area contributed by atoms with Crippen LogP contribution in [0, 0.1) is 10.1 Å². The molecule has 0 spiro atoms. The van der Waals surface area contributed by atoms with Crippen LogP contribution in [0.15, 0.2) is 24.3 Å². The molecule has 1 aromatic rings. The average molecular weight is 237 g/mol. The molecule has 1 rings (SSSR count). The predicted molar refractivity (Wildman–Crippen MR) is 51.6 cm³/mol. The molecule has 1 aromatic carbocycles. The van der Waals surface area contributed by atoms with E-state index in [1.165, 1.54) is 12.1 Å². The highest BCUT2D eigenvalue weighted by Crippen LogP contribution is 2.15. The molecule has 0 saturated heterocycles. The largest absolute Gasteiger partial charge is 0.269 e. The summed E-state index contributed by atoms with van der Waals surface area (Å²) in [5.41, 5.74) is -1.70. The highest BCUT2D eigenvalue weighted by Gasteiger charge is 2.09. The molecule has 0 N–H and O–H groups in total. The molecular weight excluding hydrogens is 230 g/mol. The molecule has 0 bridgehead atoms. The van der Waals surface area contributed by atoms with Gasteiger partial charge in [-0.3, -0.25) is 10.1 Å². The van der Waals surface area contributed by atoms with Crippen molar-refractivity contribution < 1.29 is 14.7 Å². The quantitative estimate of drug-likeness (QED) is 0.454. The van der Waals surface area contributed by atoms with Gasteiger partial charge in [0, 0.05) is 24.2 Å². The summed E-state index contributed by atoms with van der Waals surface area (Å²) in [6.45, 7) is 0. The Bertz CT molecular complexity index is 472. The Kier molecular flexibility index (Phi) is 2.64. The van der Waals surface area contributed by atoms with Crippen LogP contribution in [0.1, 0.15) is 6.93 Å². The van der Waals surface area contributed by atoms with Crippen molar-refractivity contribution in [3.63, 3.8) is 0 Å². The number of benzene rings is 1. The van der Waals surface area contributed by atoms with Crippen molar-refractivity contribution in [1.29, 1.82) is 0 Å². The lowest BCUT2D eigenvalue weighted by molar-refractivity contribution is -0.384. The molecule has 0 aromatic heterocycles. The van der Waals surface area contributed by atoms with E-state index in [1.54, 1.807) is 0 Å². The Balaban J connectivity index is 3.05. The molecule has 1 unspecified atom stereocenters. The monoisotopic (exact) mass is 236 g/mol. The molecule has 0 amide bonds. The van der Waals surface area contributed by atoms with Crippen LogP contribution >= 0.6 is 10.7 Å². The van der Waals surface area contributed by atoms with E-state index in [2.05, 4.69) is 0 Å². The maximum atomic E-state index is 10.8. The number of hydrogen-bond acceptors (Lipinski definition) is 4. The minimum absolute atomic E-state index is 0.0931. The summed E-state index contributed by atoms with van der Waals surface area (Å²) >= 11 is 0. The number of nitrogens with zero attached hydrogens (tertiary/aromatic N) is 1. The van der Waals surface area contributed by atoms with E-state index in [9.17, 15) is 18.5 Å². The molecule has 0 saturated carbocycles. The zero-order chi connectivity index (χ0) is 11.6. The molecule has 1 atom stereocenters. The second kappa shape index (κ2) is 3.93. The Labute approximate surface area is 86.3 Å². The van der Waals surface area contributed by atoms with Crippen molar-refractivity contribution in [3.05, 3.63) is 39.9 Å². The third-order valence-electron chi connectivity index (χ3n) is 1.38. The second-order valence-corrected chi connectivity index (χ2v) is 4.92. The van der Waals surface area contributed by atoms with Gasteiger partial charge in [-0.2, -0.15) is 0 Å². The topological polar surface area (TPSA) is 77.3 Å². The van der Waals surface area contributed by atoms with Gasteiger partial charge in [-0.05, 0) is 5.56 Å².